The molecule has 17 heteroatoms. The van der Waals surface area contributed by atoms with Crippen LogP contribution in [0.5, 0.6) is 6.01 Å². The number of likely N-dealkylation sites (N-methyl/N-ethyl adjacent to an activating group) is 1. The fourth-order valence-electron chi connectivity index (χ4n) is 6.67. The number of amides is 3. The number of nitrogens with zero attached hydrogens (tertiary/aromatic N) is 6. The van der Waals surface area contributed by atoms with Gasteiger partial charge in [-0.05, 0) is 93.7 Å². The van der Waals surface area contributed by atoms with E-state index in [4.69, 9.17) is 35.5 Å². The van der Waals surface area contributed by atoms with Crippen LogP contribution in [0.3, 0.4) is 0 Å². The van der Waals surface area contributed by atoms with Gasteiger partial charge in [-0.25, -0.2) is 18.8 Å². The second-order valence-corrected chi connectivity index (χ2v) is 17.6. The molecule has 2 aromatic heterocycles. The maximum absolute atomic E-state index is 16.5. The van der Waals surface area contributed by atoms with Gasteiger partial charge < -0.3 is 29.2 Å². The summed E-state index contributed by atoms with van der Waals surface area (Å²) in [4.78, 5) is 56.5. The van der Waals surface area contributed by atoms with Crippen molar-refractivity contribution in [3.8, 4) is 17.3 Å². The van der Waals surface area contributed by atoms with E-state index in [-0.39, 0.29) is 35.4 Å². The zero-order valence-electron chi connectivity index (χ0n) is 35.3. The second kappa shape index (κ2) is 18.3. The number of hydrogen-bond acceptors (Lipinski definition) is 12. The maximum atomic E-state index is 16.5. The van der Waals surface area contributed by atoms with E-state index < -0.39 is 34.8 Å². The molecule has 4 aromatic rings. The number of carbonyl (C=O) groups excluding carboxylic acids is 3. The average Bonchev–Trinajstić information content (AvgIpc) is 3.39. The molecule has 0 saturated carbocycles. The summed E-state index contributed by atoms with van der Waals surface area (Å²) in [6, 6.07) is 11.2. The van der Waals surface area contributed by atoms with Gasteiger partial charge in [-0.15, -0.1) is 0 Å². The number of pyridine rings is 1. The fourth-order valence-corrected chi connectivity index (χ4v) is 6.96. The standard InChI is InChI=1S/C31H34ClFN6O3.C11H20N2O4/c1-31(2,3)42-30(40)39-19-11-12-20(39)17-38(16-19)28-22-15-35-26(21-9-5-7-18-8-6-10-23(32)24(18)21)25(33)27(22)36-29(37-28)41-14-13-34-4;1-10(2,3)16-8(14)12-7-13-9(15)17-11(4,5)6/h5-10,15,19-20,34H,11-14,16-17H2,1-4H3;7H,1-6H3,(H,12,13,14,15). The van der Waals surface area contributed by atoms with Crippen molar-refractivity contribution in [2.24, 2.45) is 4.99 Å². The molecule has 2 bridgehead atoms. The number of halogens is 2. The van der Waals surface area contributed by atoms with Crippen LogP contribution in [0, 0.1) is 5.82 Å². The van der Waals surface area contributed by atoms with Gasteiger partial charge >= 0.3 is 24.3 Å². The average molecular weight is 837 g/mol. The minimum Gasteiger partial charge on any atom is -0.462 e. The number of nitrogens with one attached hydrogen (secondary N) is 2. The smallest absolute Gasteiger partial charge is 0.435 e. The number of rotatable bonds is 7. The van der Waals surface area contributed by atoms with Gasteiger partial charge in [0.2, 0.25) is 0 Å². The third-order valence-corrected chi connectivity index (χ3v) is 9.18. The van der Waals surface area contributed by atoms with E-state index in [0.29, 0.717) is 48.0 Å². The molecule has 6 rings (SSSR count). The van der Waals surface area contributed by atoms with Crippen molar-refractivity contribution in [1.82, 2.24) is 30.5 Å². The predicted octanol–water partition coefficient (Wildman–Crippen LogP) is 8.30. The van der Waals surface area contributed by atoms with Crippen LogP contribution >= 0.6 is 11.6 Å². The summed E-state index contributed by atoms with van der Waals surface area (Å²) in [5, 5.41) is 7.84. The topological polar surface area (TPSA) is 170 Å². The van der Waals surface area contributed by atoms with Crippen LogP contribution in [0.15, 0.2) is 47.6 Å². The molecule has 3 amide bonds. The molecule has 15 nitrogen and oxygen atoms in total. The number of hydrogen-bond donors (Lipinski definition) is 2. The summed E-state index contributed by atoms with van der Waals surface area (Å²) in [5.74, 6) is -0.0357. The van der Waals surface area contributed by atoms with Crippen LogP contribution in [-0.2, 0) is 14.2 Å². The maximum Gasteiger partial charge on any atom is 0.435 e. The normalized spacial score (nSPS) is 16.8. The molecular weight excluding hydrogens is 783 g/mol. The highest BCUT2D eigenvalue weighted by Gasteiger charge is 2.45. The minimum absolute atomic E-state index is 0.0489. The lowest BCUT2D eigenvalue weighted by atomic mass is 10.0. The summed E-state index contributed by atoms with van der Waals surface area (Å²) in [6.07, 6.45) is 2.53. The molecule has 2 fully saturated rings. The molecule has 0 aliphatic carbocycles. The van der Waals surface area contributed by atoms with Gasteiger partial charge in [0, 0.05) is 41.8 Å². The zero-order valence-corrected chi connectivity index (χ0v) is 36.1. The van der Waals surface area contributed by atoms with Gasteiger partial charge in [-0.1, -0.05) is 41.9 Å². The number of piperazine rings is 1. The number of aliphatic imine (C=N–C) groups is 1. The highest BCUT2D eigenvalue weighted by molar-refractivity contribution is 6.36. The van der Waals surface area contributed by atoms with Crippen LogP contribution in [0.1, 0.15) is 75.2 Å². The molecule has 2 unspecified atom stereocenters. The Morgan fingerprint density at radius 2 is 1.54 bits per heavy atom. The van der Waals surface area contributed by atoms with Crippen LogP contribution in [0.4, 0.5) is 24.6 Å². The molecule has 2 atom stereocenters. The molecule has 0 spiro atoms. The summed E-state index contributed by atoms with van der Waals surface area (Å²) in [7, 11) is 1.82. The van der Waals surface area contributed by atoms with Crippen LogP contribution in [-0.4, -0.2) is 107 Å². The number of alkyl carbamates (subject to hydrolysis) is 1. The van der Waals surface area contributed by atoms with Crippen molar-refractivity contribution in [1.29, 1.82) is 0 Å². The van der Waals surface area contributed by atoms with Crippen LogP contribution < -0.4 is 20.3 Å². The first kappa shape index (κ1) is 44.7. The third kappa shape index (κ3) is 11.9. The SMILES string of the molecule is CC(C)(C)OC(=O)/N=C/NC(=O)OC(C)(C)C.CNCCOc1nc(N2CC3CCC(C2)N3C(=O)OC(C)(C)C)c2cnc(-c3cccc4cccc(Cl)c34)c(F)c2n1. The number of benzene rings is 2. The Kier molecular flexibility index (Phi) is 13.9. The van der Waals surface area contributed by atoms with E-state index in [1.807, 2.05) is 63.1 Å². The number of ether oxygens (including phenoxy) is 4. The molecule has 4 heterocycles. The summed E-state index contributed by atoms with van der Waals surface area (Å²) in [6.45, 7) is 17.9. The van der Waals surface area contributed by atoms with Crippen molar-refractivity contribution >= 4 is 63.7 Å². The highest BCUT2D eigenvalue weighted by Crippen LogP contribution is 2.39. The van der Waals surface area contributed by atoms with E-state index in [0.717, 1.165) is 30.0 Å². The van der Waals surface area contributed by atoms with Crippen molar-refractivity contribution in [2.45, 2.75) is 104 Å². The molecule has 2 aliphatic rings. The Bertz CT molecular complexity index is 2180. The minimum atomic E-state index is -0.770. The lowest BCUT2D eigenvalue weighted by Crippen LogP contribution is -2.57. The molecule has 59 heavy (non-hydrogen) atoms. The van der Waals surface area contributed by atoms with Gasteiger partial charge in [0.25, 0.3) is 0 Å². The quantitative estimate of drug-likeness (QED) is 0.0792. The first-order valence-electron chi connectivity index (χ1n) is 19.5. The van der Waals surface area contributed by atoms with Crippen LogP contribution in [0.25, 0.3) is 32.9 Å². The Balaban J connectivity index is 0.000000330. The van der Waals surface area contributed by atoms with Crippen molar-refractivity contribution in [2.75, 3.05) is 38.2 Å². The number of anilines is 1. The molecule has 2 N–H and O–H groups in total. The molecule has 318 valence electrons. The third-order valence-electron chi connectivity index (χ3n) is 8.87. The van der Waals surface area contributed by atoms with Crippen molar-refractivity contribution in [3.63, 3.8) is 0 Å². The van der Waals surface area contributed by atoms with Crippen molar-refractivity contribution < 1.29 is 37.7 Å². The Labute approximate surface area is 349 Å². The van der Waals surface area contributed by atoms with Gasteiger partial charge in [0.1, 0.15) is 46.8 Å². The second-order valence-electron chi connectivity index (χ2n) is 17.2. The number of carbonyl (C=O) groups is 3. The molecule has 0 radical (unpaired) electrons. The van der Waals surface area contributed by atoms with E-state index in [1.165, 1.54) is 0 Å². The number of aromatic nitrogens is 3. The van der Waals surface area contributed by atoms with Crippen molar-refractivity contribution in [3.05, 3.63) is 53.4 Å². The van der Waals surface area contributed by atoms with E-state index >= 15 is 4.39 Å². The Morgan fingerprint density at radius 1 is 0.915 bits per heavy atom. The first-order valence-corrected chi connectivity index (χ1v) is 19.8. The summed E-state index contributed by atoms with van der Waals surface area (Å²) < 4.78 is 37.8. The number of fused-ring (bicyclic) bond motifs is 4. The Hall–Kier alpha value is -5.35. The molecule has 2 aliphatic heterocycles. The molecular formula is C42H54ClFN8O7. The predicted molar refractivity (Wildman–Crippen MR) is 226 cm³/mol. The highest BCUT2D eigenvalue weighted by atomic mass is 35.5. The fraction of sp³-hybridized carbons (Fsp3) is 0.500. The zero-order chi connectivity index (χ0) is 43.3. The summed E-state index contributed by atoms with van der Waals surface area (Å²) >= 11 is 6.56. The Morgan fingerprint density at radius 3 is 2.15 bits per heavy atom. The molecule has 2 aromatic carbocycles. The van der Waals surface area contributed by atoms with Gasteiger partial charge in [-0.2, -0.15) is 15.0 Å². The lowest BCUT2D eigenvalue weighted by molar-refractivity contribution is 0.0122. The molecule has 2 saturated heterocycles. The van der Waals surface area contributed by atoms with E-state index in [1.54, 1.807) is 53.8 Å². The lowest BCUT2D eigenvalue weighted by Gasteiger charge is -2.42. The monoisotopic (exact) mass is 836 g/mol. The van der Waals surface area contributed by atoms with Crippen LogP contribution in [0.2, 0.25) is 5.02 Å². The van der Waals surface area contributed by atoms with Gasteiger partial charge in [0.15, 0.2) is 5.82 Å². The van der Waals surface area contributed by atoms with Gasteiger partial charge in [-0.3, -0.25) is 15.2 Å². The van der Waals surface area contributed by atoms with E-state index in [9.17, 15) is 14.4 Å². The first-order chi connectivity index (χ1) is 27.6. The van der Waals surface area contributed by atoms with E-state index in [2.05, 4.69) is 30.5 Å². The van der Waals surface area contributed by atoms with Gasteiger partial charge in [0.05, 0.1) is 17.5 Å². The largest absolute Gasteiger partial charge is 0.462 e. The summed E-state index contributed by atoms with van der Waals surface area (Å²) in [5.41, 5.74) is -0.924.